The number of hydrogen-bond acceptors (Lipinski definition) is 6. The van der Waals surface area contributed by atoms with Crippen LogP contribution in [0.25, 0.3) is 17.1 Å². The minimum atomic E-state index is -0.326. The quantitative estimate of drug-likeness (QED) is 0.628. The smallest absolute Gasteiger partial charge is 0.289 e. The molecule has 1 fully saturated rings. The number of benzene rings is 1. The molecule has 8 nitrogen and oxygen atoms in total. The van der Waals surface area contributed by atoms with Crippen molar-refractivity contribution >= 4 is 5.91 Å². The molecule has 0 unspecified atom stereocenters. The van der Waals surface area contributed by atoms with Crippen LogP contribution >= 0.6 is 0 Å². The van der Waals surface area contributed by atoms with E-state index in [9.17, 15) is 15.0 Å². The number of rotatable bonds is 5. The summed E-state index contributed by atoms with van der Waals surface area (Å²) in [6, 6.07) is 6.67. The van der Waals surface area contributed by atoms with Gasteiger partial charge in [-0.05, 0) is 42.5 Å². The summed E-state index contributed by atoms with van der Waals surface area (Å²) in [6.45, 7) is 3.88. The standard InChI is InChI=1S/C20H21N5O3/c1-11(2)14-8-15(17(27)9-16(14)26)18-23-24-19(20(28)22-12-5-6-12)25(18)13-4-3-7-21-10-13/h3-4,7-12,26-27H,5-6H2,1-2H3,(H,22,28). The molecule has 144 valence electrons. The van der Waals surface area contributed by atoms with Gasteiger partial charge < -0.3 is 15.5 Å². The first-order valence-corrected chi connectivity index (χ1v) is 9.18. The average molecular weight is 379 g/mol. The van der Waals surface area contributed by atoms with Gasteiger partial charge in [-0.15, -0.1) is 10.2 Å². The van der Waals surface area contributed by atoms with Gasteiger partial charge in [0.05, 0.1) is 17.4 Å². The summed E-state index contributed by atoms with van der Waals surface area (Å²) >= 11 is 0. The largest absolute Gasteiger partial charge is 0.508 e. The molecule has 0 saturated heterocycles. The van der Waals surface area contributed by atoms with Crippen LogP contribution in [0.15, 0.2) is 36.7 Å². The molecule has 0 radical (unpaired) electrons. The second-order valence-electron chi connectivity index (χ2n) is 7.22. The fourth-order valence-corrected chi connectivity index (χ4v) is 3.05. The van der Waals surface area contributed by atoms with Crippen molar-refractivity contribution in [3.8, 4) is 28.6 Å². The Morgan fingerprint density at radius 3 is 2.64 bits per heavy atom. The van der Waals surface area contributed by atoms with Crippen LogP contribution in [0.3, 0.4) is 0 Å². The van der Waals surface area contributed by atoms with Crippen LogP contribution in [0.4, 0.5) is 0 Å². The predicted molar refractivity (Wildman–Crippen MR) is 102 cm³/mol. The zero-order chi connectivity index (χ0) is 19.8. The molecule has 0 bridgehead atoms. The Hall–Kier alpha value is -3.42. The lowest BCUT2D eigenvalue weighted by molar-refractivity contribution is 0.0938. The molecule has 1 aromatic carbocycles. The van der Waals surface area contributed by atoms with Gasteiger partial charge in [-0.3, -0.25) is 14.3 Å². The number of nitrogens with one attached hydrogen (secondary N) is 1. The molecule has 1 aliphatic carbocycles. The molecule has 28 heavy (non-hydrogen) atoms. The van der Waals surface area contributed by atoms with E-state index in [4.69, 9.17) is 0 Å². The maximum absolute atomic E-state index is 12.7. The Morgan fingerprint density at radius 2 is 2.00 bits per heavy atom. The molecule has 0 aliphatic heterocycles. The minimum absolute atomic E-state index is 0.00962. The van der Waals surface area contributed by atoms with Crippen molar-refractivity contribution in [3.63, 3.8) is 0 Å². The number of pyridine rings is 1. The van der Waals surface area contributed by atoms with Crippen molar-refractivity contribution in [2.24, 2.45) is 0 Å². The van der Waals surface area contributed by atoms with E-state index in [0.29, 0.717) is 22.6 Å². The molecule has 0 atom stereocenters. The SMILES string of the molecule is CC(C)c1cc(-c2nnc(C(=O)NC3CC3)n2-c2cccnc2)c(O)cc1O. The lowest BCUT2D eigenvalue weighted by atomic mass is 9.98. The number of aromatic nitrogens is 4. The van der Waals surface area contributed by atoms with E-state index >= 15 is 0 Å². The number of hydrogen-bond donors (Lipinski definition) is 3. The normalized spacial score (nSPS) is 13.7. The molecule has 8 heteroatoms. The number of phenols is 2. The molecule has 1 aliphatic rings. The first-order valence-electron chi connectivity index (χ1n) is 9.18. The Labute approximate surface area is 161 Å². The summed E-state index contributed by atoms with van der Waals surface area (Å²) in [5.41, 5.74) is 1.64. The second-order valence-corrected chi connectivity index (χ2v) is 7.22. The van der Waals surface area contributed by atoms with Crippen molar-refractivity contribution in [1.82, 2.24) is 25.1 Å². The van der Waals surface area contributed by atoms with Gasteiger partial charge in [0.25, 0.3) is 5.91 Å². The average Bonchev–Trinajstić information content (AvgIpc) is 3.37. The van der Waals surface area contributed by atoms with E-state index in [1.807, 2.05) is 13.8 Å². The van der Waals surface area contributed by atoms with Crippen LogP contribution in [0.1, 0.15) is 48.8 Å². The summed E-state index contributed by atoms with van der Waals surface area (Å²) in [5.74, 6) is -0.00925. The highest BCUT2D eigenvalue weighted by Gasteiger charge is 2.29. The predicted octanol–water partition coefficient (Wildman–Crippen LogP) is 2.76. The Balaban J connectivity index is 1.89. The highest BCUT2D eigenvalue weighted by molar-refractivity contribution is 5.92. The second kappa shape index (κ2) is 6.95. The number of phenolic OH excluding ortho intramolecular Hbond substituents is 2. The number of carbonyl (C=O) groups excluding carboxylic acids is 1. The van der Waals surface area contributed by atoms with Crippen molar-refractivity contribution in [2.45, 2.75) is 38.6 Å². The molecule has 2 aromatic heterocycles. The van der Waals surface area contributed by atoms with Gasteiger partial charge >= 0.3 is 0 Å². The number of nitrogens with zero attached hydrogens (tertiary/aromatic N) is 4. The van der Waals surface area contributed by atoms with Crippen molar-refractivity contribution in [2.75, 3.05) is 0 Å². The van der Waals surface area contributed by atoms with Gasteiger partial charge in [0.1, 0.15) is 11.5 Å². The van der Waals surface area contributed by atoms with Gasteiger partial charge in [0.15, 0.2) is 5.82 Å². The van der Waals surface area contributed by atoms with Gasteiger partial charge in [-0.2, -0.15) is 0 Å². The lowest BCUT2D eigenvalue weighted by Gasteiger charge is -2.14. The van der Waals surface area contributed by atoms with E-state index in [-0.39, 0.29) is 35.2 Å². The van der Waals surface area contributed by atoms with Crippen LogP contribution in [-0.4, -0.2) is 41.9 Å². The fourth-order valence-electron chi connectivity index (χ4n) is 3.05. The topological polar surface area (TPSA) is 113 Å². The number of carbonyl (C=O) groups is 1. The highest BCUT2D eigenvalue weighted by Crippen LogP contribution is 2.38. The van der Waals surface area contributed by atoms with Gasteiger partial charge in [0.2, 0.25) is 5.82 Å². The van der Waals surface area contributed by atoms with E-state index < -0.39 is 0 Å². The summed E-state index contributed by atoms with van der Waals surface area (Å²) in [6.07, 6.45) is 5.14. The number of amides is 1. The molecule has 4 rings (SSSR count). The molecule has 1 saturated carbocycles. The lowest BCUT2D eigenvalue weighted by Crippen LogP contribution is -2.28. The summed E-state index contributed by atoms with van der Waals surface area (Å²) < 4.78 is 1.57. The van der Waals surface area contributed by atoms with Crippen LogP contribution in [-0.2, 0) is 0 Å². The van der Waals surface area contributed by atoms with Crippen LogP contribution in [0, 0.1) is 0 Å². The van der Waals surface area contributed by atoms with Crippen molar-refractivity contribution in [3.05, 3.63) is 48.0 Å². The fraction of sp³-hybridized carbons (Fsp3) is 0.300. The maximum atomic E-state index is 12.7. The monoisotopic (exact) mass is 379 g/mol. The molecular weight excluding hydrogens is 358 g/mol. The maximum Gasteiger partial charge on any atom is 0.289 e. The molecule has 0 spiro atoms. The van der Waals surface area contributed by atoms with E-state index in [0.717, 1.165) is 12.8 Å². The first-order chi connectivity index (χ1) is 13.5. The number of aromatic hydroxyl groups is 2. The Bertz CT molecular complexity index is 1030. The van der Waals surface area contributed by atoms with Gasteiger partial charge in [-0.25, -0.2) is 0 Å². The van der Waals surface area contributed by atoms with E-state index in [1.165, 1.54) is 6.07 Å². The molecule has 1 amide bonds. The third kappa shape index (κ3) is 3.28. The van der Waals surface area contributed by atoms with Gasteiger partial charge in [-0.1, -0.05) is 13.8 Å². The molecule has 3 aromatic rings. The minimum Gasteiger partial charge on any atom is -0.508 e. The zero-order valence-corrected chi connectivity index (χ0v) is 15.6. The van der Waals surface area contributed by atoms with Crippen molar-refractivity contribution in [1.29, 1.82) is 0 Å². The van der Waals surface area contributed by atoms with Crippen LogP contribution < -0.4 is 5.32 Å². The molecule has 2 heterocycles. The van der Waals surface area contributed by atoms with Crippen molar-refractivity contribution < 1.29 is 15.0 Å². The highest BCUT2D eigenvalue weighted by atomic mass is 16.3. The summed E-state index contributed by atoms with van der Waals surface area (Å²) in [5, 5.41) is 31.8. The van der Waals surface area contributed by atoms with Crippen LogP contribution in [0.2, 0.25) is 0 Å². The van der Waals surface area contributed by atoms with Gasteiger partial charge in [0, 0.05) is 18.3 Å². The summed E-state index contributed by atoms with van der Waals surface area (Å²) in [7, 11) is 0. The van der Waals surface area contributed by atoms with Crippen LogP contribution in [0.5, 0.6) is 11.5 Å². The van der Waals surface area contributed by atoms with E-state index in [2.05, 4.69) is 20.5 Å². The third-order valence-corrected chi connectivity index (χ3v) is 4.69. The summed E-state index contributed by atoms with van der Waals surface area (Å²) in [4.78, 5) is 16.8. The molecular formula is C20H21N5O3. The third-order valence-electron chi connectivity index (χ3n) is 4.69. The molecule has 3 N–H and O–H groups in total. The Kier molecular flexibility index (Phi) is 4.46. The van der Waals surface area contributed by atoms with E-state index in [1.54, 1.807) is 35.2 Å². The first kappa shape index (κ1) is 18.0. The Morgan fingerprint density at radius 1 is 1.21 bits per heavy atom. The zero-order valence-electron chi connectivity index (χ0n) is 15.6.